The molecule has 1 aromatic rings. The molecule has 8 nitrogen and oxygen atoms in total. The van der Waals surface area contributed by atoms with Crippen molar-refractivity contribution in [3.05, 3.63) is 12.3 Å². The fourth-order valence-corrected chi connectivity index (χ4v) is 3.45. The van der Waals surface area contributed by atoms with Crippen molar-refractivity contribution in [2.24, 2.45) is 5.92 Å². The molecule has 8 heteroatoms. The molecule has 3 rings (SSSR count). The van der Waals surface area contributed by atoms with Gasteiger partial charge in [0.05, 0.1) is 7.11 Å². The molecule has 1 amide bonds. The minimum atomic E-state index is -0.900. The van der Waals surface area contributed by atoms with Crippen molar-refractivity contribution in [1.29, 1.82) is 0 Å². The highest BCUT2D eigenvalue weighted by atomic mass is 16.5. The van der Waals surface area contributed by atoms with E-state index in [1.165, 1.54) is 0 Å². The molecule has 24 heavy (non-hydrogen) atoms. The molecule has 0 bridgehead atoms. The number of piperidine rings is 1. The number of ether oxygens (including phenoxy) is 1. The number of carbonyl (C=O) groups excluding carboxylic acids is 1. The van der Waals surface area contributed by atoms with Gasteiger partial charge in [0.25, 0.3) is 0 Å². The molecule has 130 valence electrons. The van der Waals surface area contributed by atoms with Gasteiger partial charge >= 0.3 is 5.97 Å². The average molecular weight is 334 g/mol. The molecule has 2 aliphatic rings. The van der Waals surface area contributed by atoms with Gasteiger partial charge in [-0.1, -0.05) is 0 Å². The van der Waals surface area contributed by atoms with Crippen molar-refractivity contribution in [2.75, 3.05) is 31.6 Å². The molecule has 2 aliphatic heterocycles. The second-order valence-electron chi connectivity index (χ2n) is 6.19. The summed E-state index contributed by atoms with van der Waals surface area (Å²) >= 11 is 0. The van der Waals surface area contributed by atoms with Crippen LogP contribution in [0.5, 0.6) is 5.88 Å². The average Bonchev–Trinajstić information content (AvgIpc) is 3.11. The van der Waals surface area contributed by atoms with Gasteiger partial charge in [-0.25, -0.2) is 9.78 Å². The Morgan fingerprint density at radius 2 is 2.00 bits per heavy atom. The lowest BCUT2D eigenvalue weighted by Gasteiger charge is -2.34. The van der Waals surface area contributed by atoms with Gasteiger partial charge < -0.3 is 19.6 Å². The van der Waals surface area contributed by atoms with Crippen molar-refractivity contribution in [3.8, 4) is 5.88 Å². The molecule has 2 saturated heterocycles. The van der Waals surface area contributed by atoms with Gasteiger partial charge in [-0.2, -0.15) is 4.98 Å². The Morgan fingerprint density at radius 3 is 2.67 bits per heavy atom. The third-order valence-corrected chi connectivity index (χ3v) is 4.77. The first kappa shape index (κ1) is 16.5. The van der Waals surface area contributed by atoms with E-state index in [1.54, 1.807) is 24.3 Å². The molecule has 1 N–H and O–H groups in total. The Hall–Kier alpha value is -2.38. The van der Waals surface area contributed by atoms with E-state index in [-0.39, 0.29) is 11.8 Å². The van der Waals surface area contributed by atoms with E-state index in [0.717, 1.165) is 6.42 Å². The number of methoxy groups -OCH3 is 1. The van der Waals surface area contributed by atoms with Gasteiger partial charge in [-0.05, 0) is 25.7 Å². The Kier molecular flexibility index (Phi) is 4.82. The van der Waals surface area contributed by atoms with Gasteiger partial charge in [0.15, 0.2) is 0 Å². The molecular formula is C16H22N4O4. The second-order valence-corrected chi connectivity index (χ2v) is 6.19. The van der Waals surface area contributed by atoms with Crippen LogP contribution in [0.15, 0.2) is 12.3 Å². The Bertz CT molecular complexity index is 616. The minimum absolute atomic E-state index is 0.0221. The molecule has 1 atom stereocenters. The van der Waals surface area contributed by atoms with Gasteiger partial charge in [0, 0.05) is 37.8 Å². The number of nitrogens with zero attached hydrogens (tertiary/aromatic N) is 4. The Morgan fingerprint density at radius 1 is 1.25 bits per heavy atom. The summed E-state index contributed by atoms with van der Waals surface area (Å²) in [5.74, 6) is 0.0744. The monoisotopic (exact) mass is 334 g/mol. The van der Waals surface area contributed by atoms with Crippen molar-refractivity contribution < 1.29 is 19.4 Å². The topological polar surface area (TPSA) is 95.9 Å². The van der Waals surface area contributed by atoms with E-state index in [2.05, 4.69) is 9.97 Å². The number of hydrogen-bond acceptors (Lipinski definition) is 6. The smallest absolute Gasteiger partial charge is 0.326 e. The molecule has 0 aliphatic carbocycles. The van der Waals surface area contributed by atoms with Crippen molar-refractivity contribution in [1.82, 2.24) is 14.9 Å². The lowest BCUT2D eigenvalue weighted by Crippen LogP contribution is -2.46. The number of rotatable bonds is 4. The lowest BCUT2D eigenvalue weighted by molar-refractivity contribution is -0.150. The first-order chi connectivity index (χ1) is 11.6. The van der Waals surface area contributed by atoms with E-state index >= 15 is 0 Å². The summed E-state index contributed by atoms with van der Waals surface area (Å²) < 4.78 is 5.11. The van der Waals surface area contributed by atoms with E-state index in [4.69, 9.17) is 4.74 Å². The second kappa shape index (κ2) is 7.02. The highest BCUT2D eigenvalue weighted by molar-refractivity contribution is 5.85. The lowest BCUT2D eigenvalue weighted by atomic mass is 9.95. The maximum atomic E-state index is 12.7. The summed E-state index contributed by atoms with van der Waals surface area (Å²) in [7, 11) is 1.56. The Balaban J connectivity index is 1.60. The zero-order valence-corrected chi connectivity index (χ0v) is 13.7. The standard InChI is InChI=1S/C16H22N4O4/c1-24-13-4-7-17-16(18-13)19-9-5-11(6-10-19)14(21)20-8-2-3-12(20)15(22)23/h4,7,11-12H,2-3,5-6,8-10H2,1H3,(H,22,23). The number of aliphatic carboxylic acids is 1. The van der Waals surface area contributed by atoms with Crippen LogP contribution in [0.3, 0.4) is 0 Å². The predicted molar refractivity (Wildman–Crippen MR) is 85.9 cm³/mol. The normalized spacial score (nSPS) is 21.8. The first-order valence-corrected chi connectivity index (χ1v) is 8.25. The van der Waals surface area contributed by atoms with Crippen LogP contribution >= 0.6 is 0 Å². The third kappa shape index (κ3) is 3.27. The zero-order chi connectivity index (χ0) is 17.1. The molecule has 1 aromatic heterocycles. The number of carbonyl (C=O) groups is 2. The molecule has 1 unspecified atom stereocenters. The van der Waals surface area contributed by atoms with Gasteiger partial charge in [0.1, 0.15) is 6.04 Å². The number of hydrogen-bond donors (Lipinski definition) is 1. The quantitative estimate of drug-likeness (QED) is 0.869. The third-order valence-electron chi connectivity index (χ3n) is 4.77. The number of amides is 1. The first-order valence-electron chi connectivity index (χ1n) is 8.25. The van der Waals surface area contributed by atoms with E-state index in [1.807, 2.05) is 4.90 Å². The van der Waals surface area contributed by atoms with E-state index < -0.39 is 12.0 Å². The number of likely N-dealkylation sites (tertiary alicyclic amines) is 1. The summed E-state index contributed by atoms with van der Waals surface area (Å²) in [6.07, 6.45) is 4.33. The summed E-state index contributed by atoms with van der Waals surface area (Å²) in [5.41, 5.74) is 0. The van der Waals surface area contributed by atoms with Crippen LogP contribution in [0.1, 0.15) is 25.7 Å². The highest BCUT2D eigenvalue weighted by Gasteiger charge is 2.38. The SMILES string of the molecule is COc1ccnc(N2CCC(C(=O)N3CCCC3C(=O)O)CC2)n1. The fraction of sp³-hybridized carbons (Fsp3) is 0.625. The zero-order valence-electron chi connectivity index (χ0n) is 13.7. The number of anilines is 1. The van der Waals surface area contributed by atoms with Crippen LogP contribution < -0.4 is 9.64 Å². The van der Waals surface area contributed by atoms with Gasteiger partial charge in [-0.15, -0.1) is 0 Å². The van der Waals surface area contributed by atoms with E-state index in [9.17, 15) is 14.7 Å². The van der Waals surface area contributed by atoms with Crippen molar-refractivity contribution >= 4 is 17.8 Å². The molecular weight excluding hydrogens is 312 g/mol. The molecule has 0 saturated carbocycles. The Labute approximate surface area is 140 Å². The highest BCUT2D eigenvalue weighted by Crippen LogP contribution is 2.27. The number of carboxylic acid groups (broad SMARTS) is 1. The molecule has 0 radical (unpaired) electrons. The molecule has 2 fully saturated rings. The summed E-state index contributed by atoms with van der Waals surface area (Å²) in [5, 5.41) is 9.24. The fourth-order valence-electron chi connectivity index (χ4n) is 3.45. The largest absolute Gasteiger partial charge is 0.481 e. The van der Waals surface area contributed by atoms with Crippen LogP contribution in [-0.4, -0.2) is 64.6 Å². The summed E-state index contributed by atoms with van der Waals surface area (Å²) in [4.78, 5) is 36.1. The maximum Gasteiger partial charge on any atom is 0.326 e. The van der Waals surface area contributed by atoms with Crippen LogP contribution in [0.25, 0.3) is 0 Å². The molecule has 0 aromatic carbocycles. The summed E-state index contributed by atoms with van der Waals surface area (Å²) in [6.45, 7) is 1.90. The maximum absolute atomic E-state index is 12.7. The molecule has 0 spiro atoms. The summed E-state index contributed by atoms with van der Waals surface area (Å²) in [6, 6.07) is 1.04. The van der Waals surface area contributed by atoms with Gasteiger partial charge in [-0.3, -0.25) is 4.79 Å². The van der Waals surface area contributed by atoms with E-state index in [0.29, 0.717) is 50.7 Å². The van der Waals surface area contributed by atoms with Gasteiger partial charge in [0.2, 0.25) is 17.7 Å². The number of carboxylic acids is 1. The van der Waals surface area contributed by atoms with Crippen molar-refractivity contribution in [2.45, 2.75) is 31.7 Å². The predicted octanol–water partition coefficient (Wildman–Crippen LogP) is 0.777. The van der Waals surface area contributed by atoms with Crippen LogP contribution in [0, 0.1) is 5.92 Å². The minimum Gasteiger partial charge on any atom is -0.481 e. The van der Waals surface area contributed by atoms with Crippen LogP contribution in [0.4, 0.5) is 5.95 Å². The number of aromatic nitrogens is 2. The van der Waals surface area contributed by atoms with Crippen LogP contribution in [-0.2, 0) is 9.59 Å². The molecule has 3 heterocycles. The van der Waals surface area contributed by atoms with Crippen LogP contribution in [0.2, 0.25) is 0 Å². The van der Waals surface area contributed by atoms with Crippen molar-refractivity contribution in [3.63, 3.8) is 0 Å².